The summed E-state index contributed by atoms with van der Waals surface area (Å²) in [5.74, 6) is -0.830. The van der Waals surface area contributed by atoms with E-state index in [9.17, 15) is 9.59 Å². The van der Waals surface area contributed by atoms with Crippen molar-refractivity contribution in [2.24, 2.45) is 0 Å². The fourth-order valence-corrected chi connectivity index (χ4v) is 5.91. The number of hydrogen-bond donors (Lipinski definition) is 2. The molecule has 4 aliphatic rings. The van der Waals surface area contributed by atoms with E-state index < -0.39 is 6.04 Å². The van der Waals surface area contributed by atoms with E-state index in [1.54, 1.807) is 12.1 Å². The Bertz CT molecular complexity index is 943. The molecule has 7 heteroatoms. The lowest BCUT2D eigenvalue weighted by atomic mass is 9.90. The molecule has 3 heterocycles. The van der Waals surface area contributed by atoms with Crippen LogP contribution >= 0.6 is 0 Å². The van der Waals surface area contributed by atoms with Gasteiger partial charge in [-0.25, -0.2) is 4.39 Å². The maximum Gasteiger partial charge on any atom is 0.255 e. The number of piperidine rings is 1. The number of allylic oxidation sites excluding steroid dienone is 1. The van der Waals surface area contributed by atoms with Crippen LogP contribution in [0.15, 0.2) is 24.4 Å². The maximum absolute atomic E-state index is 15.6. The number of ether oxygens (including phenoxy) is 1. The molecule has 3 atom stereocenters. The number of fused-ring (bicyclic) bond motifs is 1. The highest BCUT2D eigenvalue weighted by atomic mass is 19.1. The van der Waals surface area contributed by atoms with E-state index in [4.69, 9.17) is 4.74 Å². The van der Waals surface area contributed by atoms with Crippen LogP contribution in [0.5, 0.6) is 0 Å². The Morgan fingerprint density at radius 2 is 1.94 bits per heavy atom. The van der Waals surface area contributed by atoms with Gasteiger partial charge in [0.1, 0.15) is 11.9 Å². The number of carbonyl (C=O) groups is 2. The first kappa shape index (κ1) is 22.5. The number of amides is 2. The highest BCUT2D eigenvalue weighted by Gasteiger charge is 2.40. The lowest BCUT2D eigenvalue weighted by molar-refractivity contribution is -0.126. The Kier molecular flexibility index (Phi) is 6.52. The lowest BCUT2D eigenvalue weighted by Gasteiger charge is -2.36. The fraction of sp³-hybridized carbons (Fsp3) is 0.615. The number of rotatable bonds is 5. The molecule has 0 aromatic heterocycles. The summed E-state index contributed by atoms with van der Waals surface area (Å²) in [7, 11) is 0. The molecule has 3 aliphatic heterocycles. The van der Waals surface area contributed by atoms with Crippen molar-refractivity contribution in [2.45, 2.75) is 95.0 Å². The van der Waals surface area contributed by atoms with Gasteiger partial charge in [0.25, 0.3) is 5.91 Å². The minimum atomic E-state index is -0.580. The number of benzene rings is 1. The minimum Gasteiger partial charge on any atom is -0.376 e. The monoisotopic (exact) mass is 455 g/mol. The van der Waals surface area contributed by atoms with Crippen LogP contribution in [0.4, 0.5) is 4.39 Å². The van der Waals surface area contributed by atoms with Gasteiger partial charge in [0, 0.05) is 41.9 Å². The zero-order chi connectivity index (χ0) is 22.9. The summed E-state index contributed by atoms with van der Waals surface area (Å²) in [5, 5.41) is 6.53. The fourth-order valence-electron chi connectivity index (χ4n) is 5.91. The van der Waals surface area contributed by atoms with Crippen molar-refractivity contribution in [1.29, 1.82) is 0 Å². The molecule has 1 aliphatic carbocycles. The number of hydrogen-bond acceptors (Lipinski definition) is 4. The Labute approximate surface area is 194 Å². The van der Waals surface area contributed by atoms with Gasteiger partial charge >= 0.3 is 0 Å². The van der Waals surface area contributed by atoms with Crippen molar-refractivity contribution in [3.63, 3.8) is 0 Å². The number of nitrogens with zero attached hydrogens (tertiary/aromatic N) is 1. The predicted molar refractivity (Wildman–Crippen MR) is 123 cm³/mol. The number of nitrogens with one attached hydrogen (secondary N) is 2. The molecule has 1 aromatic carbocycles. The van der Waals surface area contributed by atoms with Crippen LogP contribution in [0.3, 0.4) is 0 Å². The molecule has 1 aromatic rings. The Balaban J connectivity index is 1.30. The summed E-state index contributed by atoms with van der Waals surface area (Å²) in [4.78, 5) is 26.9. The minimum absolute atomic E-state index is 0.0726. The zero-order valence-corrected chi connectivity index (χ0v) is 19.2. The first-order valence-electron chi connectivity index (χ1n) is 12.5. The smallest absolute Gasteiger partial charge is 0.255 e. The topological polar surface area (TPSA) is 70.7 Å². The van der Waals surface area contributed by atoms with Gasteiger partial charge < -0.3 is 20.3 Å². The third kappa shape index (κ3) is 4.58. The molecule has 6 nitrogen and oxygen atoms in total. The SMILES string of the molecule is C=C1CC[C@H](N2Cc3c(ccc(C[C@H]4OCCC[C@@H]4NC4CCCCC4)c3F)C2=O)C(=O)N1. The molecule has 1 saturated carbocycles. The van der Waals surface area contributed by atoms with Crippen LogP contribution in [0.1, 0.15) is 79.3 Å². The summed E-state index contributed by atoms with van der Waals surface area (Å²) in [6, 6.07) is 3.63. The molecule has 0 radical (unpaired) electrons. The second kappa shape index (κ2) is 9.55. The van der Waals surface area contributed by atoms with Crippen LogP contribution < -0.4 is 10.6 Å². The van der Waals surface area contributed by atoms with Crippen LogP contribution in [0.25, 0.3) is 0 Å². The highest BCUT2D eigenvalue weighted by Crippen LogP contribution is 2.32. The molecule has 0 bridgehead atoms. The van der Waals surface area contributed by atoms with E-state index in [1.807, 2.05) is 0 Å². The second-order valence-electron chi connectivity index (χ2n) is 10.0. The van der Waals surface area contributed by atoms with Gasteiger partial charge in [-0.2, -0.15) is 0 Å². The Morgan fingerprint density at radius 3 is 2.73 bits per heavy atom. The normalized spacial score (nSPS) is 28.7. The van der Waals surface area contributed by atoms with Crippen molar-refractivity contribution in [1.82, 2.24) is 15.5 Å². The molecule has 2 saturated heterocycles. The average molecular weight is 456 g/mol. The molecule has 2 amide bonds. The van der Waals surface area contributed by atoms with Crippen molar-refractivity contribution < 1.29 is 18.7 Å². The highest BCUT2D eigenvalue weighted by molar-refractivity contribution is 6.01. The third-order valence-electron chi connectivity index (χ3n) is 7.76. The molecule has 0 unspecified atom stereocenters. The van der Waals surface area contributed by atoms with Crippen molar-refractivity contribution >= 4 is 11.8 Å². The van der Waals surface area contributed by atoms with Crippen LogP contribution in [-0.4, -0.2) is 47.6 Å². The molecule has 33 heavy (non-hydrogen) atoms. The van der Waals surface area contributed by atoms with E-state index >= 15 is 4.39 Å². The standard InChI is InChI=1S/C26H34FN3O3/c1-16-9-12-22(25(31)28-16)30-15-20-19(26(30)32)11-10-17(24(20)27)14-23-21(8-5-13-33-23)29-18-6-3-2-4-7-18/h10-11,18,21-23,29H,1-9,12-15H2,(H,28,31)/t21-,22-,23+/m0/s1. The van der Waals surface area contributed by atoms with E-state index in [2.05, 4.69) is 17.2 Å². The summed E-state index contributed by atoms with van der Waals surface area (Å²) >= 11 is 0. The Morgan fingerprint density at radius 1 is 1.12 bits per heavy atom. The third-order valence-corrected chi connectivity index (χ3v) is 7.76. The van der Waals surface area contributed by atoms with Gasteiger partial charge in [-0.15, -0.1) is 0 Å². The van der Waals surface area contributed by atoms with Crippen molar-refractivity contribution in [2.75, 3.05) is 6.61 Å². The van der Waals surface area contributed by atoms with E-state index in [-0.39, 0.29) is 36.3 Å². The first-order chi connectivity index (χ1) is 16.0. The molecule has 3 fully saturated rings. The molecule has 5 rings (SSSR count). The van der Waals surface area contributed by atoms with E-state index in [1.165, 1.54) is 37.0 Å². The first-order valence-corrected chi connectivity index (χ1v) is 12.5. The van der Waals surface area contributed by atoms with Gasteiger partial charge in [-0.1, -0.05) is 31.9 Å². The quantitative estimate of drug-likeness (QED) is 0.712. The molecule has 0 spiro atoms. The number of carbonyl (C=O) groups excluding carboxylic acids is 2. The molecule has 2 N–H and O–H groups in total. The summed E-state index contributed by atoms with van der Waals surface area (Å²) in [6.45, 7) is 4.63. The average Bonchev–Trinajstić information content (AvgIpc) is 3.14. The largest absolute Gasteiger partial charge is 0.376 e. The summed E-state index contributed by atoms with van der Waals surface area (Å²) in [6.07, 6.45) is 9.89. The van der Waals surface area contributed by atoms with E-state index in [0.29, 0.717) is 54.3 Å². The summed E-state index contributed by atoms with van der Waals surface area (Å²) in [5.41, 5.74) is 2.03. The number of halogens is 1. The van der Waals surface area contributed by atoms with Crippen LogP contribution in [0, 0.1) is 5.82 Å². The lowest BCUT2D eigenvalue weighted by Crippen LogP contribution is -2.50. The van der Waals surface area contributed by atoms with Crippen molar-refractivity contribution in [3.8, 4) is 0 Å². The van der Waals surface area contributed by atoms with Crippen LogP contribution in [0.2, 0.25) is 0 Å². The predicted octanol–water partition coefficient (Wildman–Crippen LogP) is 3.59. The van der Waals surface area contributed by atoms with E-state index in [0.717, 1.165) is 12.8 Å². The van der Waals surface area contributed by atoms with Gasteiger partial charge in [-0.05, 0) is 50.2 Å². The van der Waals surface area contributed by atoms with Gasteiger partial charge in [0.2, 0.25) is 5.91 Å². The second-order valence-corrected chi connectivity index (χ2v) is 10.0. The van der Waals surface area contributed by atoms with Gasteiger partial charge in [0.15, 0.2) is 0 Å². The molecule has 178 valence electrons. The molecular weight excluding hydrogens is 421 g/mol. The van der Waals surface area contributed by atoms with Gasteiger partial charge in [-0.3, -0.25) is 9.59 Å². The van der Waals surface area contributed by atoms with Gasteiger partial charge in [0.05, 0.1) is 12.6 Å². The van der Waals surface area contributed by atoms with Crippen LogP contribution in [-0.2, 0) is 22.5 Å². The zero-order valence-electron chi connectivity index (χ0n) is 19.2. The maximum atomic E-state index is 15.6. The summed E-state index contributed by atoms with van der Waals surface area (Å²) < 4.78 is 21.7. The Hall–Kier alpha value is -2.25. The molecular formula is C26H34FN3O3. The van der Waals surface area contributed by atoms with Crippen molar-refractivity contribution in [3.05, 3.63) is 46.9 Å².